The number of nitrogens with zero attached hydrogens (tertiary/aromatic N) is 2. The summed E-state index contributed by atoms with van der Waals surface area (Å²) >= 11 is 1.51. The van der Waals surface area contributed by atoms with Crippen LogP contribution in [0.3, 0.4) is 0 Å². The number of thioether (sulfide) groups is 1. The third-order valence-electron chi connectivity index (χ3n) is 5.57. The number of aliphatic hydroxyl groups excluding tert-OH is 1. The first-order valence-corrected chi connectivity index (χ1v) is 12.6. The number of halogens is 6. The van der Waals surface area contributed by atoms with Crippen LogP contribution >= 0.6 is 23.1 Å². The molecule has 1 aliphatic rings. The third kappa shape index (κ3) is 6.11. The molecule has 0 aliphatic carbocycles. The van der Waals surface area contributed by atoms with Crippen LogP contribution < -0.4 is 10.5 Å². The molecule has 5 nitrogen and oxygen atoms in total. The number of nitrogens with two attached hydrogens (primary N) is 1. The van der Waals surface area contributed by atoms with Crippen molar-refractivity contribution in [1.82, 2.24) is 10.2 Å². The summed E-state index contributed by atoms with van der Waals surface area (Å²) in [5, 5.41) is 16.8. The molecule has 2 heterocycles. The third-order valence-corrected chi connectivity index (χ3v) is 8.17. The largest absolute Gasteiger partial charge is 0.492 e. The van der Waals surface area contributed by atoms with Gasteiger partial charge in [0.15, 0.2) is 0 Å². The van der Waals surface area contributed by atoms with Gasteiger partial charge in [-0.2, -0.15) is 26.3 Å². The van der Waals surface area contributed by atoms with Gasteiger partial charge in [0.05, 0.1) is 22.6 Å². The molecule has 0 radical (unpaired) electrons. The maximum Gasteiger partial charge on any atom is 0.422 e. The average molecular weight is 562 g/mol. The molecule has 198 valence electrons. The number of allylic oxidation sites excluding steroid dienone is 2. The average Bonchev–Trinajstić information content (AvgIpc) is 3.51. The van der Waals surface area contributed by atoms with Gasteiger partial charge in [-0.25, -0.2) is 0 Å². The molecular formula is C24H21F6N3O2S2. The van der Waals surface area contributed by atoms with Crippen molar-refractivity contribution < 1.29 is 36.2 Å². The van der Waals surface area contributed by atoms with Crippen LogP contribution in [0.4, 0.5) is 26.3 Å². The molecule has 0 amide bonds. The lowest BCUT2D eigenvalue weighted by Crippen LogP contribution is -2.36. The van der Waals surface area contributed by atoms with Crippen LogP contribution in [-0.4, -0.2) is 39.9 Å². The quantitative estimate of drug-likeness (QED) is 0.332. The summed E-state index contributed by atoms with van der Waals surface area (Å²) in [6.07, 6.45) is -9.38. The number of hydrogen-bond acceptors (Lipinski definition) is 7. The molecule has 1 aromatic heterocycles. The van der Waals surface area contributed by atoms with Crippen LogP contribution in [0.5, 0.6) is 5.75 Å². The van der Waals surface area contributed by atoms with E-state index in [1.807, 2.05) is 0 Å². The number of benzene rings is 2. The van der Waals surface area contributed by atoms with Gasteiger partial charge in [0.2, 0.25) is 0 Å². The lowest BCUT2D eigenvalue weighted by atomic mass is 10.0. The van der Waals surface area contributed by atoms with E-state index in [1.54, 1.807) is 30.3 Å². The van der Waals surface area contributed by atoms with Crippen molar-refractivity contribution in [1.29, 1.82) is 0 Å². The minimum atomic E-state index is -4.79. The summed E-state index contributed by atoms with van der Waals surface area (Å²) in [6, 6.07) is 11.4. The highest BCUT2D eigenvalue weighted by atomic mass is 32.2. The van der Waals surface area contributed by atoms with Crippen LogP contribution in [-0.2, 0) is 11.7 Å². The van der Waals surface area contributed by atoms with Crippen molar-refractivity contribution in [2.45, 2.75) is 36.5 Å². The van der Waals surface area contributed by atoms with Gasteiger partial charge in [0, 0.05) is 10.8 Å². The van der Waals surface area contributed by atoms with E-state index in [0.717, 1.165) is 23.5 Å². The lowest BCUT2D eigenvalue weighted by Gasteiger charge is -2.18. The SMILES string of the molecule is C[C@](N)(CO)c1nnc(-c2ccc(OCC3CC(c4ccccc4)=C(C(F)(F)F)S3)c(C(F)(F)F)c2)s1. The zero-order valence-electron chi connectivity index (χ0n) is 19.2. The number of rotatable bonds is 7. The van der Waals surface area contributed by atoms with Gasteiger partial charge in [0.25, 0.3) is 0 Å². The molecule has 0 fully saturated rings. The monoisotopic (exact) mass is 561 g/mol. The highest BCUT2D eigenvalue weighted by molar-refractivity contribution is 8.04. The summed E-state index contributed by atoms with van der Waals surface area (Å²) in [7, 11) is 0. The molecule has 0 saturated heterocycles. The Morgan fingerprint density at radius 2 is 1.70 bits per heavy atom. The van der Waals surface area contributed by atoms with E-state index in [-0.39, 0.29) is 34.2 Å². The molecule has 0 bridgehead atoms. The van der Waals surface area contributed by atoms with E-state index in [4.69, 9.17) is 10.5 Å². The Hall–Kier alpha value is -2.61. The van der Waals surface area contributed by atoms with Crippen LogP contribution in [0.15, 0.2) is 53.4 Å². The van der Waals surface area contributed by atoms with Crippen molar-refractivity contribution in [3.8, 4) is 16.3 Å². The molecule has 4 rings (SSSR count). The normalized spacial score (nSPS) is 18.2. The van der Waals surface area contributed by atoms with E-state index in [1.165, 1.54) is 13.0 Å². The van der Waals surface area contributed by atoms with Crippen molar-refractivity contribution >= 4 is 28.7 Å². The van der Waals surface area contributed by atoms with Gasteiger partial charge >= 0.3 is 12.4 Å². The van der Waals surface area contributed by atoms with Crippen molar-refractivity contribution in [3.63, 3.8) is 0 Å². The van der Waals surface area contributed by atoms with Crippen LogP contribution in [0, 0.1) is 0 Å². The maximum atomic E-state index is 13.9. The number of hydrogen-bond donors (Lipinski definition) is 2. The molecule has 13 heteroatoms. The topological polar surface area (TPSA) is 81.3 Å². The predicted octanol–water partition coefficient (Wildman–Crippen LogP) is 6.25. The summed E-state index contributed by atoms with van der Waals surface area (Å²) in [5.41, 5.74) is 4.25. The Morgan fingerprint density at radius 3 is 2.32 bits per heavy atom. The molecule has 3 aromatic rings. The fourth-order valence-electron chi connectivity index (χ4n) is 3.65. The second-order valence-corrected chi connectivity index (χ2v) is 10.9. The molecule has 37 heavy (non-hydrogen) atoms. The minimum absolute atomic E-state index is 0.000761. The van der Waals surface area contributed by atoms with Gasteiger partial charge < -0.3 is 15.6 Å². The van der Waals surface area contributed by atoms with E-state index in [9.17, 15) is 31.4 Å². The Bertz CT molecular complexity index is 1290. The smallest absolute Gasteiger partial charge is 0.422 e. The summed E-state index contributed by atoms with van der Waals surface area (Å²) in [4.78, 5) is -0.763. The van der Waals surface area contributed by atoms with Gasteiger partial charge in [-0.3, -0.25) is 0 Å². The number of aliphatic hydroxyl groups is 1. The van der Waals surface area contributed by atoms with Gasteiger partial charge in [0.1, 0.15) is 22.4 Å². The molecule has 3 N–H and O–H groups in total. The fraction of sp³-hybridized carbons (Fsp3) is 0.333. The molecular weight excluding hydrogens is 540 g/mol. The van der Waals surface area contributed by atoms with Gasteiger partial charge in [-0.1, -0.05) is 41.7 Å². The Morgan fingerprint density at radius 1 is 1.00 bits per heavy atom. The zero-order chi connectivity index (χ0) is 27.0. The first-order chi connectivity index (χ1) is 17.3. The van der Waals surface area contributed by atoms with Crippen LogP contribution in [0.25, 0.3) is 16.1 Å². The second kappa shape index (κ2) is 10.3. The van der Waals surface area contributed by atoms with E-state index in [0.29, 0.717) is 17.3 Å². The highest BCUT2D eigenvalue weighted by Gasteiger charge is 2.43. The van der Waals surface area contributed by atoms with Crippen molar-refractivity contribution in [2.75, 3.05) is 13.2 Å². The Balaban J connectivity index is 1.55. The molecule has 1 aliphatic heterocycles. The molecule has 0 saturated carbocycles. The summed E-state index contributed by atoms with van der Waals surface area (Å²) in [6.45, 7) is 0.727. The summed E-state index contributed by atoms with van der Waals surface area (Å²) < 4.78 is 88.0. The Labute approximate surface area is 216 Å². The second-order valence-electron chi connectivity index (χ2n) is 8.62. The Kier molecular flexibility index (Phi) is 7.62. The first-order valence-electron chi connectivity index (χ1n) is 10.9. The summed E-state index contributed by atoms with van der Waals surface area (Å²) in [5.74, 6) is -0.498. The molecule has 2 aromatic carbocycles. The van der Waals surface area contributed by atoms with Crippen molar-refractivity contribution in [2.24, 2.45) is 5.73 Å². The van der Waals surface area contributed by atoms with Crippen LogP contribution in [0.2, 0.25) is 0 Å². The van der Waals surface area contributed by atoms with Gasteiger partial charge in [-0.15, -0.1) is 22.0 Å². The molecule has 2 atom stereocenters. The highest BCUT2D eigenvalue weighted by Crippen LogP contribution is 2.50. The minimum Gasteiger partial charge on any atom is -0.492 e. The van der Waals surface area contributed by atoms with E-state index in [2.05, 4.69) is 10.2 Å². The van der Waals surface area contributed by atoms with Crippen molar-refractivity contribution in [3.05, 3.63) is 69.6 Å². The maximum absolute atomic E-state index is 13.9. The standard InChI is InChI=1S/C24H21F6N3O2S2/c1-22(31,12-34)21-33-32-20(37-21)14-7-8-18(17(9-14)23(25,26)27)35-11-15-10-16(13-5-3-2-4-6-13)19(36-15)24(28,29)30/h2-9,15,34H,10-12,31H2,1H3/t15?,22-/m0/s1. The number of alkyl halides is 6. The fourth-order valence-corrected chi connectivity index (χ4v) is 5.74. The zero-order valence-corrected chi connectivity index (χ0v) is 20.9. The van der Waals surface area contributed by atoms with Gasteiger partial charge in [-0.05, 0) is 42.7 Å². The molecule has 0 spiro atoms. The number of ether oxygens (including phenoxy) is 1. The van der Waals surface area contributed by atoms with E-state index >= 15 is 0 Å². The number of aromatic nitrogens is 2. The first kappa shape index (κ1) is 27.4. The molecule has 1 unspecified atom stereocenters. The lowest BCUT2D eigenvalue weighted by molar-refractivity contribution is -0.138. The van der Waals surface area contributed by atoms with E-state index < -0.39 is 46.0 Å². The van der Waals surface area contributed by atoms with Crippen LogP contribution in [0.1, 0.15) is 29.5 Å². The predicted molar refractivity (Wildman–Crippen MR) is 130 cm³/mol.